The summed E-state index contributed by atoms with van der Waals surface area (Å²) in [4.78, 5) is 15.5. The molecule has 0 aliphatic heterocycles. The lowest BCUT2D eigenvalue weighted by Gasteiger charge is -2.08. The number of carbonyl (C=O) groups excluding carboxylic acids is 1. The fourth-order valence-electron chi connectivity index (χ4n) is 2.43. The maximum atomic E-state index is 11.0. The zero-order valence-electron chi connectivity index (χ0n) is 15.2. The summed E-state index contributed by atoms with van der Waals surface area (Å²) in [7, 11) is 0. The Morgan fingerprint density at radius 3 is 2.39 bits per heavy atom. The molecule has 0 unspecified atom stereocenters. The Morgan fingerprint density at radius 2 is 1.75 bits per heavy atom. The van der Waals surface area contributed by atoms with E-state index in [2.05, 4.69) is 42.2 Å². The Balaban J connectivity index is 1.57. The number of amides is 1. The van der Waals surface area contributed by atoms with Gasteiger partial charge in [-0.15, -0.1) is 0 Å². The number of ether oxygens (including phenoxy) is 1. The molecule has 3 rings (SSSR count). The SMILES string of the molecule is CC(=O)Nc1ccc(N=Cc2ccc(OCc3ccc(Br)cc3Br)cc2)cc1. The summed E-state index contributed by atoms with van der Waals surface area (Å²) in [5.41, 5.74) is 3.62. The molecule has 0 bridgehead atoms. The van der Waals surface area contributed by atoms with Crippen LogP contribution in [0.2, 0.25) is 0 Å². The summed E-state index contributed by atoms with van der Waals surface area (Å²) in [6.45, 7) is 1.97. The standard InChI is InChI=1S/C22H18Br2N2O2/c1-15(27)26-20-8-6-19(7-9-20)25-13-16-2-10-21(11-3-16)28-14-17-4-5-18(23)12-22(17)24/h2-13H,14H2,1H3,(H,26,27). The predicted molar refractivity (Wildman–Crippen MR) is 121 cm³/mol. The summed E-state index contributed by atoms with van der Waals surface area (Å²) in [5.74, 6) is 0.706. The van der Waals surface area contributed by atoms with Gasteiger partial charge >= 0.3 is 0 Å². The molecule has 0 atom stereocenters. The molecule has 0 heterocycles. The van der Waals surface area contributed by atoms with Crippen molar-refractivity contribution in [1.82, 2.24) is 0 Å². The highest BCUT2D eigenvalue weighted by Crippen LogP contribution is 2.23. The van der Waals surface area contributed by atoms with E-state index in [4.69, 9.17) is 4.74 Å². The molecule has 0 fully saturated rings. The highest BCUT2D eigenvalue weighted by Gasteiger charge is 2.02. The molecule has 4 nitrogen and oxygen atoms in total. The van der Waals surface area contributed by atoms with Crippen LogP contribution in [0.4, 0.5) is 11.4 Å². The Kier molecular flexibility index (Phi) is 7.01. The number of hydrogen-bond donors (Lipinski definition) is 1. The summed E-state index contributed by atoms with van der Waals surface area (Å²) in [6, 6.07) is 21.1. The summed E-state index contributed by atoms with van der Waals surface area (Å²) in [5, 5.41) is 2.73. The van der Waals surface area contributed by atoms with Gasteiger partial charge in [0.15, 0.2) is 0 Å². The molecule has 142 valence electrons. The van der Waals surface area contributed by atoms with Gasteiger partial charge in [0.1, 0.15) is 12.4 Å². The minimum Gasteiger partial charge on any atom is -0.489 e. The molecule has 0 aromatic heterocycles. The first kappa shape index (κ1) is 20.3. The Hall–Kier alpha value is -2.44. The van der Waals surface area contributed by atoms with Gasteiger partial charge in [-0.25, -0.2) is 0 Å². The van der Waals surface area contributed by atoms with Crippen LogP contribution in [0, 0.1) is 0 Å². The summed E-state index contributed by atoms with van der Waals surface area (Å²) < 4.78 is 7.89. The smallest absolute Gasteiger partial charge is 0.221 e. The number of aliphatic imine (C=N–C) groups is 1. The van der Waals surface area contributed by atoms with Crippen molar-refractivity contribution in [2.75, 3.05) is 5.32 Å². The highest BCUT2D eigenvalue weighted by atomic mass is 79.9. The Bertz CT molecular complexity index is 984. The van der Waals surface area contributed by atoms with Crippen LogP contribution in [0.25, 0.3) is 0 Å². The van der Waals surface area contributed by atoms with E-state index in [0.717, 1.165) is 37.2 Å². The molecular formula is C22H18Br2N2O2. The lowest BCUT2D eigenvalue weighted by molar-refractivity contribution is -0.114. The first-order valence-electron chi connectivity index (χ1n) is 8.58. The van der Waals surface area contributed by atoms with Crippen molar-refractivity contribution in [3.05, 3.63) is 86.8 Å². The van der Waals surface area contributed by atoms with Crippen LogP contribution in [-0.4, -0.2) is 12.1 Å². The van der Waals surface area contributed by atoms with Crippen LogP contribution in [0.1, 0.15) is 18.1 Å². The summed E-state index contributed by atoms with van der Waals surface area (Å²) in [6.07, 6.45) is 1.79. The average Bonchev–Trinajstić information content (AvgIpc) is 2.67. The molecule has 0 aliphatic rings. The third kappa shape index (κ3) is 6.04. The van der Waals surface area contributed by atoms with Crippen LogP contribution in [0.3, 0.4) is 0 Å². The Morgan fingerprint density at radius 1 is 1.04 bits per heavy atom. The van der Waals surface area contributed by atoms with E-state index in [-0.39, 0.29) is 5.91 Å². The number of nitrogens with zero attached hydrogens (tertiary/aromatic N) is 1. The number of halogens is 2. The molecule has 6 heteroatoms. The number of hydrogen-bond acceptors (Lipinski definition) is 3. The van der Waals surface area contributed by atoms with E-state index in [0.29, 0.717) is 6.61 Å². The van der Waals surface area contributed by atoms with Gasteiger partial charge in [0.25, 0.3) is 0 Å². The zero-order chi connectivity index (χ0) is 19.9. The van der Waals surface area contributed by atoms with Gasteiger partial charge in [0, 0.05) is 33.3 Å². The minimum absolute atomic E-state index is 0.0916. The molecule has 0 spiro atoms. The van der Waals surface area contributed by atoms with Crippen LogP contribution < -0.4 is 10.1 Å². The van der Waals surface area contributed by atoms with Crippen molar-refractivity contribution in [2.24, 2.45) is 4.99 Å². The molecule has 0 radical (unpaired) electrons. The van der Waals surface area contributed by atoms with Crippen LogP contribution in [-0.2, 0) is 11.4 Å². The van der Waals surface area contributed by atoms with Gasteiger partial charge in [-0.2, -0.15) is 0 Å². The number of anilines is 1. The quantitative estimate of drug-likeness (QED) is 0.392. The fraction of sp³-hybridized carbons (Fsp3) is 0.0909. The molecule has 3 aromatic carbocycles. The molecule has 3 aromatic rings. The van der Waals surface area contributed by atoms with E-state index < -0.39 is 0 Å². The van der Waals surface area contributed by atoms with Gasteiger partial charge in [-0.1, -0.05) is 37.9 Å². The lowest BCUT2D eigenvalue weighted by Crippen LogP contribution is -2.04. The van der Waals surface area contributed by atoms with Crippen molar-refractivity contribution in [3.63, 3.8) is 0 Å². The average molecular weight is 502 g/mol. The second kappa shape index (κ2) is 9.66. The predicted octanol–water partition coefficient (Wildman–Crippen LogP) is 6.50. The maximum absolute atomic E-state index is 11.0. The molecule has 0 aliphatic carbocycles. The van der Waals surface area contributed by atoms with E-state index in [1.54, 1.807) is 6.21 Å². The molecule has 0 saturated carbocycles. The first-order valence-corrected chi connectivity index (χ1v) is 10.2. The summed E-state index contributed by atoms with van der Waals surface area (Å²) >= 11 is 6.99. The van der Waals surface area contributed by atoms with Crippen LogP contribution in [0.5, 0.6) is 5.75 Å². The van der Waals surface area contributed by atoms with Gasteiger partial charge in [0.05, 0.1) is 5.69 Å². The molecule has 0 saturated heterocycles. The van der Waals surface area contributed by atoms with E-state index in [1.807, 2.05) is 66.7 Å². The minimum atomic E-state index is -0.0916. The van der Waals surface area contributed by atoms with Gasteiger partial charge < -0.3 is 10.1 Å². The molecule has 28 heavy (non-hydrogen) atoms. The normalized spacial score (nSPS) is 10.8. The molecule has 1 amide bonds. The number of carbonyl (C=O) groups is 1. The van der Waals surface area contributed by atoms with Crippen molar-refractivity contribution in [1.29, 1.82) is 0 Å². The zero-order valence-corrected chi connectivity index (χ0v) is 18.3. The lowest BCUT2D eigenvalue weighted by atomic mass is 10.2. The van der Waals surface area contributed by atoms with Crippen molar-refractivity contribution < 1.29 is 9.53 Å². The van der Waals surface area contributed by atoms with Crippen LogP contribution >= 0.6 is 31.9 Å². The van der Waals surface area contributed by atoms with Gasteiger partial charge in [0.2, 0.25) is 5.91 Å². The fourth-order valence-corrected chi connectivity index (χ4v) is 3.59. The maximum Gasteiger partial charge on any atom is 0.221 e. The van der Waals surface area contributed by atoms with Crippen molar-refractivity contribution in [3.8, 4) is 5.75 Å². The van der Waals surface area contributed by atoms with E-state index in [1.165, 1.54) is 6.92 Å². The van der Waals surface area contributed by atoms with Crippen molar-refractivity contribution in [2.45, 2.75) is 13.5 Å². The van der Waals surface area contributed by atoms with Crippen molar-refractivity contribution >= 4 is 55.4 Å². The topological polar surface area (TPSA) is 50.7 Å². The number of nitrogens with one attached hydrogen (secondary N) is 1. The second-order valence-electron chi connectivity index (χ2n) is 6.08. The van der Waals surface area contributed by atoms with E-state index in [9.17, 15) is 4.79 Å². The highest BCUT2D eigenvalue weighted by molar-refractivity contribution is 9.11. The second-order valence-corrected chi connectivity index (χ2v) is 7.85. The third-order valence-electron chi connectivity index (χ3n) is 3.84. The monoisotopic (exact) mass is 500 g/mol. The Labute approximate surface area is 180 Å². The van der Waals surface area contributed by atoms with Gasteiger partial charge in [-0.05, 0) is 66.2 Å². The third-order valence-corrected chi connectivity index (χ3v) is 5.07. The number of rotatable bonds is 6. The molecular weight excluding hydrogens is 484 g/mol. The van der Waals surface area contributed by atoms with Crippen LogP contribution in [0.15, 0.2) is 80.7 Å². The molecule has 1 N–H and O–H groups in total. The largest absolute Gasteiger partial charge is 0.489 e. The van der Waals surface area contributed by atoms with Gasteiger partial charge in [-0.3, -0.25) is 9.79 Å². The first-order chi connectivity index (χ1) is 13.5. The van der Waals surface area contributed by atoms with E-state index >= 15 is 0 Å². The number of benzene rings is 3.